The van der Waals surface area contributed by atoms with Crippen molar-refractivity contribution in [3.05, 3.63) is 29.1 Å². The second kappa shape index (κ2) is 3.84. The van der Waals surface area contributed by atoms with Crippen LogP contribution in [0.2, 0.25) is 0 Å². The van der Waals surface area contributed by atoms with Gasteiger partial charge in [-0.15, -0.1) is 0 Å². The second-order valence-electron chi connectivity index (χ2n) is 2.48. The number of anilines is 1. The molecule has 0 bridgehead atoms. The van der Waals surface area contributed by atoms with Crippen LogP contribution in [-0.2, 0) is 4.84 Å². The van der Waals surface area contributed by atoms with Gasteiger partial charge in [0.05, 0.1) is 11.1 Å². The molecular formula is C8H8FN3O2. The Balaban J connectivity index is 3.35. The molecular weight excluding hydrogens is 189 g/mol. The number of hydrogen-bond acceptors (Lipinski definition) is 5. The summed E-state index contributed by atoms with van der Waals surface area (Å²) in [6.07, 6.45) is 0.720. The molecule has 0 spiro atoms. The summed E-state index contributed by atoms with van der Waals surface area (Å²) in [4.78, 5) is 14.8. The first-order valence-electron chi connectivity index (χ1n) is 3.61. The number of nitrogens with two attached hydrogens (primary N) is 2. The molecule has 0 saturated carbocycles. The van der Waals surface area contributed by atoms with Crippen LogP contribution in [0.4, 0.5) is 10.1 Å². The molecule has 1 rings (SSSR count). The Kier molecular flexibility index (Phi) is 2.78. The number of rotatable bonds is 2. The molecule has 1 aromatic carbocycles. The average Bonchev–Trinajstić information content (AvgIpc) is 2.18. The molecule has 0 aliphatic rings. The van der Waals surface area contributed by atoms with Gasteiger partial charge in [-0.3, -0.25) is 0 Å². The van der Waals surface area contributed by atoms with Crippen LogP contribution < -0.4 is 11.6 Å². The summed E-state index contributed by atoms with van der Waals surface area (Å²) < 4.78 is 13.4. The Labute approximate surface area is 78.9 Å². The van der Waals surface area contributed by atoms with Crippen LogP contribution in [-0.4, -0.2) is 12.2 Å². The number of halogens is 1. The van der Waals surface area contributed by atoms with Crippen molar-refractivity contribution in [2.75, 3.05) is 5.73 Å². The molecule has 5 N–H and O–H groups in total. The third-order valence-electron chi connectivity index (χ3n) is 1.68. The summed E-state index contributed by atoms with van der Waals surface area (Å²) in [7, 11) is 0. The topological polar surface area (TPSA) is 102 Å². The molecule has 1 aromatic rings. The third kappa shape index (κ3) is 1.55. The highest BCUT2D eigenvalue weighted by Crippen LogP contribution is 2.18. The molecule has 74 valence electrons. The van der Waals surface area contributed by atoms with Crippen molar-refractivity contribution in [2.45, 2.75) is 0 Å². The molecule has 0 radical (unpaired) electrons. The maximum absolute atomic E-state index is 13.4. The Morgan fingerprint density at radius 1 is 1.57 bits per heavy atom. The first-order chi connectivity index (χ1) is 6.61. The van der Waals surface area contributed by atoms with Crippen molar-refractivity contribution < 1.29 is 14.0 Å². The maximum Gasteiger partial charge on any atom is 0.359 e. The Morgan fingerprint density at radius 2 is 2.21 bits per heavy atom. The van der Waals surface area contributed by atoms with E-state index in [1.165, 1.54) is 6.07 Å². The maximum atomic E-state index is 13.4. The van der Waals surface area contributed by atoms with Crippen LogP contribution in [0.1, 0.15) is 15.9 Å². The third-order valence-corrected chi connectivity index (χ3v) is 1.68. The van der Waals surface area contributed by atoms with E-state index >= 15 is 0 Å². The molecule has 0 heterocycles. The van der Waals surface area contributed by atoms with Crippen LogP contribution in [0.15, 0.2) is 12.1 Å². The molecule has 0 aliphatic heterocycles. The van der Waals surface area contributed by atoms with Gasteiger partial charge in [0.1, 0.15) is 5.82 Å². The Morgan fingerprint density at radius 3 is 2.71 bits per heavy atom. The molecule has 0 saturated heterocycles. The highest BCUT2D eigenvalue weighted by molar-refractivity contribution is 5.94. The van der Waals surface area contributed by atoms with E-state index in [2.05, 4.69) is 10.7 Å². The summed E-state index contributed by atoms with van der Waals surface area (Å²) in [6.45, 7) is 0. The van der Waals surface area contributed by atoms with E-state index in [4.69, 9.17) is 11.1 Å². The fourth-order valence-electron chi connectivity index (χ4n) is 0.976. The lowest BCUT2D eigenvalue weighted by atomic mass is 10.1. The van der Waals surface area contributed by atoms with Gasteiger partial charge in [-0.1, -0.05) is 0 Å². The quantitative estimate of drug-likeness (QED) is 0.363. The molecule has 0 atom stereocenters. The van der Waals surface area contributed by atoms with Crippen molar-refractivity contribution in [3.8, 4) is 0 Å². The van der Waals surface area contributed by atoms with Gasteiger partial charge in [-0.25, -0.2) is 9.18 Å². The minimum absolute atomic E-state index is 0.0751. The Hall–Kier alpha value is -1.95. The van der Waals surface area contributed by atoms with E-state index in [9.17, 15) is 9.18 Å². The number of nitrogens with one attached hydrogen (secondary N) is 1. The van der Waals surface area contributed by atoms with Crippen LogP contribution in [0.3, 0.4) is 0 Å². The number of carbonyl (C=O) groups is 1. The highest BCUT2D eigenvalue weighted by atomic mass is 19.1. The SMILES string of the molecule is N=Cc1c(N)ccc(C(=O)ON)c1F. The lowest BCUT2D eigenvalue weighted by molar-refractivity contribution is 0.0498. The summed E-state index contributed by atoms with van der Waals surface area (Å²) in [5.41, 5.74) is 4.94. The zero-order chi connectivity index (χ0) is 10.7. The van der Waals surface area contributed by atoms with Crippen LogP contribution in [0.25, 0.3) is 0 Å². The fourth-order valence-corrected chi connectivity index (χ4v) is 0.976. The van der Waals surface area contributed by atoms with Gasteiger partial charge in [0.15, 0.2) is 0 Å². The van der Waals surface area contributed by atoms with Gasteiger partial charge in [0, 0.05) is 11.9 Å². The van der Waals surface area contributed by atoms with Crippen molar-refractivity contribution in [2.24, 2.45) is 5.90 Å². The number of carbonyl (C=O) groups excluding carboxylic acids is 1. The van der Waals surface area contributed by atoms with E-state index in [1.807, 2.05) is 0 Å². The van der Waals surface area contributed by atoms with E-state index in [0.717, 1.165) is 12.3 Å². The summed E-state index contributed by atoms with van der Waals surface area (Å²) in [6, 6.07) is 2.45. The lowest BCUT2D eigenvalue weighted by Gasteiger charge is -2.05. The molecule has 5 nitrogen and oxygen atoms in total. The van der Waals surface area contributed by atoms with Crippen LogP contribution in [0, 0.1) is 11.2 Å². The summed E-state index contributed by atoms with van der Waals surface area (Å²) >= 11 is 0. The van der Waals surface area contributed by atoms with Crippen LogP contribution >= 0.6 is 0 Å². The van der Waals surface area contributed by atoms with Crippen LogP contribution in [0.5, 0.6) is 0 Å². The van der Waals surface area contributed by atoms with Gasteiger partial charge in [0.2, 0.25) is 0 Å². The average molecular weight is 197 g/mol. The minimum Gasteiger partial charge on any atom is -0.398 e. The first kappa shape index (κ1) is 10.1. The summed E-state index contributed by atoms with van der Waals surface area (Å²) in [5.74, 6) is 2.68. The largest absolute Gasteiger partial charge is 0.398 e. The van der Waals surface area contributed by atoms with E-state index < -0.39 is 11.8 Å². The van der Waals surface area contributed by atoms with Gasteiger partial charge >= 0.3 is 5.97 Å². The zero-order valence-electron chi connectivity index (χ0n) is 7.08. The molecule has 0 fully saturated rings. The smallest absolute Gasteiger partial charge is 0.359 e. The number of hydrogen-bond donors (Lipinski definition) is 3. The van der Waals surface area contributed by atoms with E-state index in [-0.39, 0.29) is 16.8 Å². The van der Waals surface area contributed by atoms with E-state index in [1.54, 1.807) is 0 Å². The standard InChI is InChI=1S/C8H8FN3O2/c9-7-4(8(13)14-12)1-2-6(11)5(7)3-10/h1-3,10H,11-12H2. The van der Waals surface area contributed by atoms with Gasteiger partial charge in [-0.2, -0.15) is 5.90 Å². The predicted molar refractivity (Wildman–Crippen MR) is 48.3 cm³/mol. The summed E-state index contributed by atoms with van der Waals surface area (Å²) in [5, 5.41) is 6.89. The second-order valence-corrected chi connectivity index (χ2v) is 2.48. The van der Waals surface area contributed by atoms with Crippen molar-refractivity contribution in [3.63, 3.8) is 0 Å². The number of nitrogen functional groups attached to an aromatic ring is 1. The van der Waals surface area contributed by atoms with Crippen molar-refractivity contribution in [1.82, 2.24) is 0 Å². The normalized spacial score (nSPS) is 9.57. The van der Waals surface area contributed by atoms with Crippen molar-refractivity contribution >= 4 is 17.9 Å². The molecule has 0 aliphatic carbocycles. The monoisotopic (exact) mass is 197 g/mol. The molecule has 14 heavy (non-hydrogen) atoms. The van der Waals surface area contributed by atoms with Gasteiger partial charge in [-0.05, 0) is 12.1 Å². The minimum atomic E-state index is -1.01. The molecule has 0 unspecified atom stereocenters. The first-order valence-corrected chi connectivity index (χ1v) is 3.61. The molecule has 6 heteroatoms. The predicted octanol–water partition coefficient (Wildman–Crippen LogP) is 0.436. The lowest BCUT2D eigenvalue weighted by Crippen LogP contribution is -2.13. The van der Waals surface area contributed by atoms with Gasteiger partial charge < -0.3 is 16.0 Å². The number of benzene rings is 1. The Bertz CT molecular complexity index is 392. The molecule has 0 aromatic heterocycles. The van der Waals surface area contributed by atoms with Crippen molar-refractivity contribution in [1.29, 1.82) is 5.41 Å². The highest BCUT2D eigenvalue weighted by Gasteiger charge is 2.16. The van der Waals surface area contributed by atoms with Gasteiger partial charge in [0.25, 0.3) is 0 Å². The fraction of sp³-hybridized carbons (Fsp3) is 0. The van der Waals surface area contributed by atoms with E-state index in [0.29, 0.717) is 0 Å². The zero-order valence-corrected chi connectivity index (χ0v) is 7.08. The molecule has 0 amide bonds.